The Morgan fingerprint density at radius 1 is 1.35 bits per heavy atom. The van der Waals surface area contributed by atoms with Crippen LogP contribution in [0.1, 0.15) is 19.4 Å². The van der Waals surface area contributed by atoms with E-state index < -0.39 is 0 Å². The van der Waals surface area contributed by atoms with Crippen LogP contribution in [-0.2, 0) is 11.3 Å². The van der Waals surface area contributed by atoms with Gasteiger partial charge >= 0.3 is 0 Å². The van der Waals surface area contributed by atoms with Gasteiger partial charge in [-0.15, -0.1) is 0 Å². The predicted molar refractivity (Wildman–Crippen MR) is 76.0 cm³/mol. The smallest absolute Gasteiger partial charge is 0.261 e. The lowest BCUT2D eigenvalue weighted by atomic mass is 10.0. The number of nitrogens with zero attached hydrogens (tertiary/aromatic N) is 4. The first-order chi connectivity index (χ1) is 9.66. The van der Waals surface area contributed by atoms with Crippen molar-refractivity contribution in [3.8, 4) is 0 Å². The summed E-state index contributed by atoms with van der Waals surface area (Å²) in [5.74, 6) is -0.0198. The lowest BCUT2D eigenvalue weighted by molar-refractivity contribution is -0.121. The van der Waals surface area contributed by atoms with Gasteiger partial charge in [-0.1, -0.05) is 44.2 Å². The van der Waals surface area contributed by atoms with Crippen molar-refractivity contribution < 1.29 is 4.79 Å². The number of amides is 1. The minimum atomic E-state index is -0.232. The number of carbonyl (C=O) groups is 1. The number of hydrogen-bond donors (Lipinski definition) is 1. The summed E-state index contributed by atoms with van der Waals surface area (Å²) in [5, 5.41) is 8.10. The highest BCUT2D eigenvalue weighted by atomic mass is 16.2. The van der Waals surface area contributed by atoms with Gasteiger partial charge in [-0.3, -0.25) is 4.79 Å². The number of nitrogens with one attached hydrogen (secondary N) is 1. The van der Waals surface area contributed by atoms with Gasteiger partial charge < -0.3 is 0 Å². The van der Waals surface area contributed by atoms with Gasteiger partial charge in [-0.2, -0.15) is 10.2 Å². The molecule has 1 aromatic carbocycles. The van der Waals surface area contributed by atoms with E-state index in [0.29, 0.717) is 0 Å². The first kappa shape index (κ1) is 13.9. The van der Waals surface area contributed by atoms with E-state index in [1.807, 2.05) is 44.2 Å². The van der Waals surface area contributed by atoms with Gasteiger partial charge in [0.1, 0.15) is 19.2 Å². The van der Waals surface area contributed by atoms with Crippen LogP contribution in [0.4, 0.5) is 0 Å². The zero-order valence-corrected chi connectivity index (χ0v) is 11.5. The number of hydrogen-bond acceptors (Lipinski definition) is 4. The van der Waals surface area contributed by atoms with Crippen LogP contribution in [0.25, 0.3) is 0 Å². The molecule has 0 bridgehead atoms. The van der Waals surface area contributed by atoms with Crippen LogP contribution in [0.3, 0.4) is 0 Å². The normalized spacial score (nSPS) is 11.7. The number of carbonyl (C=O) groups excluding carboxylic acids is 1. The van der Waals surface area contributed by atoms with Crippen LogP contribution < -0.4 is 5.43 Å². The maximum Gasteiger partial charge on any atom is 0.261 e. The topological polar surface area (TPSA) is 72.2 Å². The van der Waals surface area contributed by atoms with Crippen LogP contribution >= 0.6 is 0 Å². The Labute approximate surface area is 117 Å². The van der Waals surface area contributed by atoms with Crippen molar-refractivity contribution in [3.05, 3.63) is 48.5 Å². The SMILES string of the molecule is CC(C)/C(=N/NC(=O)Cn1cncn1)c1ccccc1. The molecule has 1 amide bonds. The molecule has 104 valence electrons. The van der Waals surface area contributed by atoms with Gasteiger partial charge in [0.05, 0.1) is 5.71 Å². The minimum Gasteiger partial charge on any atom is -0.271 e. The Morgan fingerprint density at radius 2 is 2.10 bits per heavy atom. The Hall–Kier alpha value is -2.50. The highest BCUT2D eigenvalue weighted by molar-refractivity contribution is 6.02. The summed E-state index contributed by atoms with van der Waals surface area (Å²) in [6, 6.07) is 9.80. The molecular formula is C14H17N5O. The highest BCUT2D eigenvalue weighted by Gasteiger charge is 2.09. The first-order valence-corrected chi connectivity index (χ1v) is 6.41. The van der Waals surface area contributed by atoms with E-state index in [-0.39, 0.29) is 18.4 Å². The summed E-state index contributed by atoms with van der Waals surface area (Å²) >= 11 is 0. The van der Waals surface area contributed by atoms with E-state index in [1.165, 1.54) is 17.3 Å². The van der Waals surface area contributed by atoms with Crippen LogP contribution in [0, 0.1) is 5.92 Å². The van der Waals surface area contributed by atoms with Crippen LogP contribution in [0.15, 0.2) is 48.1 Å². The second kappa shape index (κ2) is 6.60. The molecule has 6 heteroatoms. The van der Waals surface area contributed by atoms with E-state index in [9.17, 15) is 4.79 Å². The fraction of sp³-hybridized carbons (Fsp3) is 0.286. The van der Waals surface area contributed by atoms with Crippen molar-refractivity contribution in [2.24, 2.45) is 11.0 Å². The zero-order chi connectivity index (χ0) is 14.4. The average molecular weight is 271 g/mol. The van der Waals surface area contributed by atoms with Gasteiger partial charge in [0, 0.05) is 0 Å². The Balaban J connectivity index is 2.05. The average Bonchev–Trinajstić information content (AvgIpc) is 2.92. The van der Waals surface area contributed by atoms with E-state index in [2.05, 4.69) is 20.6 Å². The van der Waals surface area contributed by atoms with E-state index in [1.54, 1.807) is 0 Å². The molecule has 6 nitrogen and oxygen atoms in total. The minimum absolute atomic E-state index is 0.101. The monoisotopic (exact) mass is 271 g/mol. The summed E-state index contributed by atoms with van der Waals surface area (Å²) in [5.41, 5.74) is 4.41. The zero-order valence-electron chi connectivity index (χ0n) is 11.5. The van der Waals surface area contributed by atoms with Gasteiger partial charge in [-0.25, -0.2) is 15.1 Å². The maximum atomic E-state index is 11.8. The number of benzene rings is 1. The number of hydrazone groups is 1. The number of rotatable bonds is 5. The molecule has 0 saturated carbocycles. The molecular weight excluding hydrogens is 254 g/mol. The molecule has 0 radical (unpaired) electrons. The first-order valence-electron chi connectivity index (χ1n) is 6.41. The van der Waals surface area contributed by atoms with Crippen molar-refractivity contribution in [1.82, 2.24) is 20.2 Å². The second-order valence-corrected chi connectivity index (χ2v) is 4.65. The third-order valence-electron chi connectivity index (χ3n) is 2.69. The predicted octanol–water partition coefficient (Wildman–Crippen LogP) is 1.45. The largest absolute Gasteiger partial charge is 0.271 e. The van der Waals surface area contributed by atoms with Crippen LogP contribution in [0.2, 0.25) is 0 Å². The quantitative estimate of drug-likeness (QED) is 0.661. The molecule has 20 heavy (non-hydrogen) atoms. The van der Waals surface area contributed by atoms with Gasteiger partial charge in [0.25, 0.3) is 5.91 Å². The third-order valence-corrected chi connectivity index (χ3v) is 2.69. The van der Waals surface area contributed by atoms with Crippen LogP contribution in [0.5, 0.6) is 0 Å². The van der Waals surface area contributed by atoms with Gasteiger partial charge in [0.15, 0.2) is 0 Å². The molecule has 1 heterocycles. The third kappa shape index (κ3) is 3.74. The van der Waals surface area contributed by atoms with Crippen molar-refractivity contribution in [2.75, 3.05) is 0 Å². The molecule has 0 aliphatic heterocycles. The van der Waals surface area contributed by atoms with E-state index in [0.717, 1.165) is 11.3 Å². The lowest BCUT2D eigenvalue weighted by Crippen LogP contribution is -2.26. The molecule has 0 unspecified atom stereocenters. The Kier molecular flexibility index (Phi) is 4.60. The molecule has 0 aliphatic carbocycles. The maximum absolute atomic E-state index is 11.8. The summed E-state index contributed by atoms with van der Waals surface area (Å²) in [4.78, 5) is 15.5. The fourth-order valence-electron chi connectivity index (χ4n) is 1.76. The highest BCUT2D eigenvalue weighted by Crippen LogP contribution is 2.08. The summed E-state index contributed by atoms with van der Waals surface area (Å²) < 4.78 is 1.45. The van der Waals surface area contributed by atoms with Gasteiger partial charge in [0.2, 0.25) is 0 Å². The molecule has 1 N–H and O–H groups in total. The molecule has 2 rings (SSSR count). The van der Waals surface area contributed by atoms with E-state index >= 15 is 0 Å². The molecule has 1 aromatic heterocycles. The van der Waals surface area contributed by atoms with E-state index in [4.69, 9.17) is 0 Å². The van der Waals surface area contributed by atoms with Crippen LogP contribution in [-0.4, -0.2) is 26.4 Å². The fourth-order valence-corrected chi connectivity index (χ4v) is 1.76. The molecule has 0 aliphatic rings. The Bertz CT molecular complexity index is 575. The Morgan fingerprint density at radius 3 is 2.70 bits per heavy atom. The van der Waals surface area contributed by atoms with Crippen molar-refractivity contribution in [1.29, 1.82) is 0 Å². The summed E-state index contributed by atoms with van der Waals surface area (Å²) in [6.07, 6.45) is 2.88. The van der Waals surface area contributed by atoms with Crippen molar-refractivity contribution >= 4 is 11.6 Å². The second-order valence-electron chi connectivity index (χ2n) is 4.65. The summed E-state index contributed by atoms with van der Waals surface area (Å²) in [7, 11) is 0. The van der Waals surface area contributed by atoms with Crippen molar-refractivity contribution in [2.45, 2.75) is 20.4 Å². The molecule has 2 aromatic rings. The lowest BCUT2D eigenvalue weighted by Gasteiger charge is -2.10. The standard InChI is InChI=1S/C14H17N5O/c1-11(2)14(12-6-4-3-5-7-12)18-17-13(20)8-19-10-15-9-16-19/h3-7,9-11H,8H2,1-2H3,(H,17,20)/b18-14-. The molecule has 0 saturated heterocycles. The summed E-state index contributed by atoms with van der Waals surface area (Å²) in [6.45, 7) is 4.18. The molecule has 0 fully saturated rings. The van der Waals surface area contributed by atoms with Gasteiger partial charge in [-0.05, 0) is 11.5 Å². The molecule has 0 atom stereocenters. The molecule has 0 spiro atoms. The number of aromatic nitrogens is 3. The van der Waals surface area contributed by atoms with Crippen molar-refractivity contribution in [3.63, 3.8) is 0 Å².